The third-order valence-corrected chi connectivity index (χ3v) is 6.14. The number of carbonyl (C=O) groups is 2. The summed E-state index contributed by atoms with van der Waals surface area (Å²) in [7, 11) is 0. The Kier molecular flexibility index (Phi) is 6.06. The Labute approximate surface area is 182 Å². The second kappa shape index (κ2) is 8.89. The molecule has 0 aliphatic carbocycles. The molecule has 7 nitrogen and oxygen atoms in total. The summed E-state index contributed by atoms with van der Waals surface area (Å²) < 4.78 is 1.78. The van der Waals surface area contributed by atoms with Crippen molar-refractivity contribution in [1.82, 2.24) is 9.55 Å². The Bertz CT molecular complexity index is 1050. The first-order chi connectivity index (χ1) is 14.5. The molecule has 3 aromatic rings. The highest BCUT2D eigenvalue weighted by Crippen LogP contribution is 2.25. The summed E-state index contributed by atoms with van der Waals surface area (Å²) in [6.07, 6.45) is 5.37. The lowest BCUT2D eigenvalue weighted by Crippen LogP contribution is -2.29. The largest absolute Gasteiger partial charge is 0.478 e. The second-order valence-electron chi connectivity index (χ2n) is 7.18. The highest BCUT2D eigenvalue weighted by Gasteiger charge is 2.17. The van der Waals surface area contributed by atoms with E-state index in [4.69, 9.17) is 21.7 Å². The predicted octanol–water partition coefficient (Wildman–Crippen LogP) is 4.59. The summed E-state index contributed by atoms with van der Waals surface area (Å²) in [5, 5.41) is 15.3. The summed E-state index contributed by atoms with van der Waals surface area (Å²) in [5.41, 5.74) is 1.96. The zero-order valence-corrected chi connectivity index (χ0v) is 17.7. The minimum absolute atomic E-state index is 0.160. The van der Waals surface area contributed by atoms with Crippen LogP contribution in [0.15, 0.2) is 41.9 Å². The first-order valence-electron chi connectivity index (χ1n) is 9.69. The van der Waals surface area contributed by atoms with Crippen LogP contribution in [-0.2, 0) is 6.54 Å². The summed E-state index contributed by atoms with van der Waals surface area (Å²) in [6.45, 7) is 2.52. The molecule has 0 bridgehead atoms. The monoisotopic (exact) mass is 444 g/mol. The number of aromatic carboxylic acids is 1. The van der Waals surface area contributed by atoms with Crippen molar-refractivity contribution < 1.29 is 14.7 Å². The number of anilines is 2. The molecule has 2 N–H and O–H groups in total. The average Bonchev–Trinajstić information content (AvgIpc) is 3.36. The van der Waals surface area contributed by atoms with Crippen molar-refractivity contribution in [3.05, 3.63) is 63.9 Å². The van der Waals surface area contributed by atoms with E-state index in [2.05, 4.69) is 10.2 Å². The van der Waals surface area contributed by atoms with Crippen LogP contribution in [0.1, 0.15) is 45.8 Å². The van der Waals surface area contributed by atoms with E-state index in [0.29, 0.717) is 22.9 Å². The van der Waals surface area contributed by atoms with Crippen molar-refractivity contribution in [2.45, 2.75) is 25.8 Å². The van der Waals surface area contributed by atoms with Crippen LogP contribution in [0.3, 0.4) is 0 Å². The first-order valence-corrected chi connectivity index (χ1v) is 10.9. The van der Waals surface area contributed by atoms with Gasteiger partial charge in [0.25, 0.3) is 5.91 Å². The number of aromatic nitrogens is 2. The molecule has 0 saturated carbocycles. The summed E-state index contributed by atoms with van der Waals surface area (Å²) in [6, 6.07) is 7.62. The van der Waals surface area contributed by atoms with Crippen molar-refractivity contribution in [2.75, 3.05) is 23.3 Å². The third-order valence-electron chi connectivity index (χ3n) is 4.98. The highest BCUT2D eigenvalue weighted by atomic mass is 35.5. The van der Waals surface area contributed by atoms with E-state index in [-0.39, 0.29) is 11.5 Å². The lowest BCUT2D eigenvalue weighted by molar-refractivity contribution is 0.0696. The maximum absolute atomic E-state index is 12.8. The molecule has 4 rings (SSSR count). The number of hydrogen-bond donors (Lipinski definition) is 2. The van der Waals surface area contributed by atoms with E-state index in [0.717, 1.165) is 23.9 Å². The number of amides is 1. The quantitative estimate of drug-likeness (QED) is 0.580. The number of thiazole rings is 1. The second-order valence-corrected chi connectivity index (χ2v) is 8.45. The van der Waals surface area contributed by atoms with Crippen LogP contribution < -0.4 is 10.2 Å². The van der Waals surface area contributed by atoms with Crippen LogP contribution in [0.4, 0.5) is 10.8 Å². The van der Waals surface area contributed by atoms with Gasteiger partial charge in [0.15, 0.2) is 5.13 Å². The van der Waals surface area contributed by atoms with Gasteiger partial charge in [-0.2, -0.15) is 0 Å². The van der Waals surface area contributed by atoms with Crippen LogP contribution in [0.5, 0.6) is 0 Å². The van der Waals surface area contributed by atoms with E-state index in [1.807, 2.05) is 5.38 Å². The number of nitrogens with one attached hydrogen (secondary N) is 1. The van der Waals surface area contributed by atoms with Gasteiger partial charge in [-0.25, -0.2) is 9.78 Å². The van der Waals surface area contributed by atoms with Gasteiger partial charge in [0.1, 0.15) is 5.69 Å². The molecule has 1 aliphatic rings. The van der Waals surface area contributed by atoms with Crippen molar-refractivity contribution >= 4 is 45.6 Å². The molecule has 0 unspecified atom stereocenters. The molecule has 1 amide bonds. The van der Waals surface area contributed by atoms with Crippen LogP contribution >= 0.6 is 22.9 Å². The van der Waals surface area contributed by atoms with E-state index in [1.165, 1.54) is 31.4 Å². The van der Waals surface area contributed by atoms with E-state index < -0.39 is 5.97 Å². The number of carboxylic acids is 1. The fourth-order valence-electron chi connectivity index (χ4n) is 3.46. The van der Waals surface area contributed by atoms with Crippen LogP contribution in [0, 0.1) is 0 Å². The van der Waals surface area contributed by atoms with Gasteiger partial charge in [-0.1, -0.05) is 11.6 Å². The van der Waals surface area contributed by atoms with Crippen molar-refractivity contribution in [1.29, 1.82) is 0 Å². The molecule has 1 saturated heterocycles. The van der Waals surface area contributed by atoms with Crippen molar-refractivity contribution in [3.8, 4) is 0 Å². The smallest absolute Gasteiger partial charge is 0.335 e. The lowest BCUT2D eigenvalue weighted by atomic mass is 10.1. The van der Waals surface area contributed by atoms with Crippen LogP contribution in [-0.4, -0.2) is 39.6 Å². The van der Waals surface area contributed by atoms with Gasteiger partial charge < -0.3 is 19.9 Å². The standard InChI is InChI=1S/C21H21ClN4O3S/c22-15-10-18(19(27)23-16-6-4-14(5-7-16)20(28)29)26(11-15)12-17-13-30-21(24-17)25-8-2-1-3-9-25/h4-7,10-11,13H,1-3,8-9,12H2,(H,23,27)(H,28,29). The van der Waals surface area contributed by atoms with Crippen LogP contribution in [0.2, 0.25) is 5.02 Å². The van der Waals surface area contributed by atoms with E-state index >= 15 is 0 Å². The number of halogens is 1. The summed E-state index contributed by atoms with van der Waals surface area (Å²) >= 11 is 7.79. The molecule has 3 heterocycles. The average molecular weight is 445 g/mol. The van der Waals surface area contributed by atoms with Crippen molar-refractivity contribution in [2.24, 2.45) is 0 Å². The molecule has 0 spiro atoms. The fraction of sp³-hybridized carbons (Fsp3) is 0.286. The molecule has 9 heteroatoms. The molecule has 156 valence electrons. The molecule has 1 fully saturated rings. The SMILES string of the molecule is O=C(O)c1ccc(NC(=O)c2cc(Cl)cn2Cc2csc(N3CCCCC3)n2)cc1. The Morgan fingerprint density at radius 2 is 1.90 bits per heavy atom. The van der Waals surface area contributed by atoms with Gasteiger partial charge >= 0.3 is 5.97 Å². The van der Waals surface area contributed by atoms with Gasteiger partial charge in [-0.15, -0.1) is 11.3 Å². The maximum atomic E-state index is 12.8. The normalized spacial score (nSPS) is 14.0. The van der Waals surface area contributed by atoms with Gasteiger partial charge in [0.2, 0.25) is 0 Å². The molecule has 0 radical (unpaired) electrons. The molecule has 1 aromatic carbocycles. The molecular weight excluding hydrogens is 424 g/mol. The Morgan fingerprint density at radius 1 is 1.17 bits per heavy atom. The molecule has 2 aromatic heterocycles. The summed E-state index contributed by atoms with van der Waals surface area (Å²) in [5.74, 6) is -1.34. The van der Waals surface area contributed by atoms with E-state index in [9.17, 15) is 9.59 Å². The number of benzene rings is 1. The number of carboxylic acid groups (broad SMARTS) is 1. The van der Waals surface area contributed by atoms with Gasteiger partial charge in [-0.3, -0.25) is 4.79 Å². The third kappa shape index (κ3) is 4.66. The fourth-order valence-corrected chi connectivity index (χ4v) is 4.55. The highest BCUT2D eigenvalue weighted by molar-refractivity contribution is 7.13. The van der Waals surface area contributed by atoms with E-state index in [1.54, 1.807) is 40.3 Å². The lowest BCUT2D eigenvalue weighted by Gasteiger charge is -2.25. The van der Waals surface area contributed by atoms with Crippen molar-refractivity contribution in [3.63, 3.8) is 0 Å². The predicted molar refractivity (Wildman–Crippen MR) is 118 cm³/mol. The van der Waals surface area contributed by atoms with Gasteiger partial charge in [0, 0.05) is 30.4 Å². The maximum Gasteiger partial charge on any atom is 0.335 e. The van der Waals surface area contributed by atoms with Crippen LogP contribution in [0.25, 0.3) is 0 Å². The molecule has 30 heavy (non-hydrogen) atoms. The molecule has 1 aliphatic heterocycles. The molecule has 0 atom stereocenters. The Hall–Kier alpha value is -2.84. The van der Waals surface area contributed by atoms with Gasteiger partial charge in [0.05, 0.1) is 22.8 Å². The summed E-state index contributed by atoms with van der Waals surface area (Å²) in [4.78, 5) is 30.8. The zero-order chi connectivity index (χ0) is 21.1. The van der Waals surface area contributed by atoms with Gasteiger partial charge in [-0.05, 0) is 49.6 Å². The number of rotatable bonds is 6. The number of hydrogen-bond acceptors (Lipinski definition) is 5. The minimum Gasteiger partial charge on any atom is -0.478 e. The first kappa shape index (κ1) is 20.4. The zero-order valence-electron chi connectivity index (χ0n) is 16.2. The number of nitrogens with zero attached hydrogens (tertiary/aromatic N) is 3. The molecular formula is C21H21ClN4O3S. The Balaban J connectivity index is 1.47. The Morgan fingerprint density at radius 3 is 2.60 bits per heavy atom. The topological polar surface area (TPSA) is 87.5 Å². The minimum atomic E-state index is -1.01. The number of carbonyl (C=O) groups excluding carboxylic acids is 1. The number of piperidine rings is 1.